The SMILES string of the molecule is COc1cc(C(=O)OCc2c3c(c(OC)c4c2OCO4)[C@H]([C@H]2OC(=O)c4c2ccc(OC)c4OC)N(C)CC3)cc(OC)c1OC(C)=O. The molecule has 0 fully saturated rings. The summed E-state index contributed by atoms with van der Waals surface area (Å²) in [6.07, 6.45) is -0.197. The van der Waals surface area contributed by atoms with Gasteiger partial charge in [0.1, 0.15) is 18.3 Å². The summed E-state index contributed by atoms with van der Waals surface area (Å²) in [5.74, 6) is 0.347. The highest BCUT2D eigenvalue weighted by Gasteiger charge is 2.47. The van der Waals surface area contributed by atoms with Crippen molar-refractivity contribution in [3.63, 3.8) is 0 Å². The minimum absolute atomic E-state index is 0.0389. The van der Waals surface area contributed by atoms with Crippen molar-refractivity contribution in [1.29, 1.82) is 0 Å². The zero-order valence-corrected chi connectivity index (χ0v) is 27.5. The molecular weight excluding hydrogens is 630 g/mol. The third-order valence-corrected chi connectivity index (χ3v) is 8.62. The fourth-order valence-electron chi connectivity index (χ4n) is 6.54. The quantitative estimate of drug-likeness (QED) is 0.225. The molecule has 0 aromatic heterocycles. The number of methoxy groups -OCH3 is 5. The smallest absolute Gasteiger partial charge is 0.343 e. The van der Waals surface area contributed by atoms with Crippen molar-refractivity contribution in [1.82, 2.24) is 4.90 Å². The van der Waals surface area contributed by atoms with Crippen molar-refractivity contribution in [3.8, 4) is 46.0 Å². The van der Waals surface area contributed by atoms with Crippen LogP contribution in [0.5, 0.6) is 46.0 Å². The van der Waals surface area contributed by atoms with Gasteiger partial charge in [-0.1, -0.05) is 6.07 Å². The minimum atomic E-state index is -0.739. The van der Waals surface area contributed by atoms with Gasteiger partial charge in [-0.25, -0.2) is 9.59 Å². The molecule has 0 aliphatic carbocycles. The Morgan fingerprint density at radius 3 is 2.17 bits per heavy atom. The maximum atomic E-state index is 13.5. The molecule has 0 bridgehead atoms. The lowest BCUT2D eigenvalue weighted by atomic mass is 9.83. The normalized spacial score (nSPS) is 17.5. The Hall–Kier alpha value is -5.37. The van der Waals surface area contributed by atoms with Crippen molar-refractivity contribution in [2.24, 2.45) is 0 Å². The summed E-state index contributed by atoms with van der Waals surface area (Å²) >= 11 is 0. The van der Waals surface area contributed by atoms with Crippen LogP contribution in [0.4, 0.5) is 0 Å². The van der Waals surface area contributed by atoms with E-state index < -0.39 is 30.1 Å². The monoisotopic (exact) mass is 665 g/mol. The number of esters is 3. The summed E-state index contributed by atoms with van der Waals surface area (Å²) < 4.78 is 56.6. The number of hydrogen-bond acceptors (Lipinski definition) is 14. The van der Waals surface area contributed by atoms with Gasteiger partial charge in [-0.05, 0) is 37.2 Å². The Kier molecular flexibility index (Phi) is 8.84. The summed E-state index contributed by atoms with van der Waals surface area (Å²) in [5.41, 5.74) is 3.16. The maximum absolute atomic E-state index is 13.5. The van der Waals surface area contributed by atoms with E-state index in [1.807, 2.05) is 7.05 Å². The summed E-state index contributed by atoms with van der Waals surface area (Å²) in [6, 6.07) is 5.82. The number of rotatable bonds is 10. The van der Waals surface area contributed by atoms with E-state index in [1.165, 1.54) is 54.6 Å². The van der Waals surface area contributed by atoms with E-state index in [9.17, 15) is 14.4 Å². The van der Waals surface area contributed by atoms with Crippen LogP contribution in [-0.4, -0.2) is 78.7 Å². The first-order valence-electron chi connectivity index (χ1n) is 15.0. The van der Waals surface area contributed by atoms with Crippen LogP contribution in [0.25, 0.3) is 0 Å². The second-order valence-corrected chi connectivity index (χ2v) is 11.1. The van der Waals surface area contributed by atoms with Crippen LogP contribution in [0.2, 0.25) is 0 Å². The predicted molar refractivity (Wildman–Crippen MR) is 166 cm³/mol. The van der Waals surface area contributed by atoms with E-state index >= 15 is 0 Å². The Bertz CT molecular complexity index is 1780. The van der Waals surface area contributed by atoms with Crippen LogP contribution in [0, 0.1) is 0 Å². The van der Waals surface area contributed by atoms with Gasteiger partial charge in [-0.15, -0.1) is 0 Å². The fraction of sp³-hybridized carbons (Fsp3) is 0.382. The topological polar surface area (TPSA) is 147 Å². The number of benzene rings is 3. The standard InChI is InChI=1S/C34H35NO13/c1-16(36)47-29-22(40-4)12-17(13-23(29)41-5)33(37)44-14-20-18-10-11-35(2)26(24(18)31(43-7)32-28(20)45-15-46-32)27-19-8-9-21(39-3)30(42-6)25(19)34(38)48-27/h8-9,12-13,26-27H,10-11,14-15H2,1-7H3/t26-,27+/m1/s1. The van der Waals surface area contributed by atoms with Gasteiger partial charge in [-0.3, -0.25) is 9.69 Å². The molecule has 3 aromatic rings. The lowest BCUT2D eigenvalue weighted by molar-refractivity contribution is -0.132. The lowest BCUT2D eigenvalue weighted by Gasteiger charge is -2.39. The van der Waals surface area contributed by atoms with Crippen molar-refractivity contribution in [2.45, 2.75) is 32.1 Å². The van der Waals surface area contributed by atoms with E-state index in [0.29, 0.717) is 58.4 Å². The molecule has 14 nitrogen and oxygen atoms in total. The molecule has 0 unspecified atom stereocenters. The van der Waals surface area contributed by atoms with Gasteiger partial charge < -0.3 is 47.4 Å². The molecule has 3 aliphatic rings. The second kappa shape index (κ2) is 13.0. The molecular formula is C34H35NO13. The maximum Gasteiger partial charge on any atom is 0.343 e. The number of carbonyl (C=O) groups excluding carboxylic acids is 3. The van der Waals surface area contributed by atoms with Gasteiger partial charge in [-0.2, -0.15) is 0 Å². The number of likely N-dealkylation sites (N-methyl/N-ethyl adjacent to an activating group) is 1. The third kappa shape index (κ3) is 5.31. The molecule has 0 saturated heterocycles. The number of nitrogens with zero attached hydrogens (tertiary/aromatic N) is 1. The zero-order chi connectivity index (χ0) is 34.3. The van der Waals surface area contributed by atoms with Crippen molar-refractivity contribution >= 4 is 17.9 Å². The molecule has 48 heavy (non-hydrogen) atoms. The van der Waals surface area contributed by atoms with Crippen molar-refractivity contribution in [3.05, 3.63) is 57.6 Å². The van der Waals surface area contributed by atoms with Gasteiger partial charge in [0.25, 0.3) is 0 Å². The molecule has 2 atom stereocenters. The Morgan fingerprint density at radius 2 is 1.54 bits per heavy atom. The summed E-state index contributed by atoms with van der Waals surface area (Å²) in [4.78, 5) is 40.5. The number of carbonyl (C=O) groups is 3. The van der Waals surface area contributed by atoms with E-state index in [4.69, 9.17) is 47.4 Å². The molecule has 0 spiro atoms. The van der Waals surface area contributed by atoms with Crippen LogP contribution in [0.3, 0.4) is 0 Å². The van der Waals surface area contributed by atoms with Crippen LogP contribution < -0.4 is 37.9 Å². The number of cyclic esters (lactones) is 1. The molecule has 14 heteroatoms. The summed E-state index contributed by atoms with van der Waals surface area (Å²) in [7, 11) is 9.19. The van der Waals surface area contributed by atoms with E-state index in [0.717, 1.165) is 11.1 Å². The van der Waals surface area contributed by atoms with Gasteiger partial charge in [0.15, 0.2) is 34.5 Å². The van der Waals surface area contributed by atoms with Gasteiger partial charge in [0.05, 0.1) is 47.2 Å². The molecule has 3 heterocycles. The zero-order valence-electron chi connectivity index (χ0n) is 27.5. The molecule has 254 valence electrons. The molecule has 6 rings (SSSR count). The Morgan fingerprint density at radius 1 is 0.875 bits per heavy atom. The lowest BCUT2D eigenvalue weighted by Crippen LogP contribution is -2.37. The largest absolute Gasteiger partial charge is 0.493 e. The average molecular weight is 666 g/mol. The average Bonchev–Trinajstić information content (AvgIpc) is 3.70. The third-order valence-electron chi connectivity index (χ3n) is 8.62. The molecule has 0 N–H and O–H groups in total. The van der Waals surface area contributed by atoms with E-state index in [-0.39, 0.29) is 36.2 Å². The van der Waals surface area contributed by atoms with Crippen LogP contribution in [-0.2, 0) is 27.3 Å². The molecule has 0 saturated carbocycles. The first-order valence-corrected chi connectivity index (χ1v) is 15.0. The minimum Gasteiger partial charge on any atom is -0.493 e. The molecule has 0 radical (unpaired) electrons. The van der Waals surface area contributed by atoms with Gasteiger partial charge in [0, 0.05) is 30.2 Å². The first-order chi connectivity index (χ1) is 23.2. The second-order valence-electron chi connectivity index (χ2n) is 11.1. The van der Waals surface area contributed by atoms with Crippen molar-refractivity contribution in [2.75, 3.05) is 55.9 Å². The van der Waals surface area contributed by atoms with Crippen LogP contribution >= 0.6 is 0 Å². The highest BCUT2D eigenvalue weighted by molar-refractivity contribution is 5.98. The number of fused-ring (bicyclic) bond motifs is 3. The number of ether oxygens (including phenoxy) is 10. The number of hydrogen-bond donors (Lipinski definition) is 0. The Balaban J connectivity index is 1.41. The molecule has 0 amide bonds. The van der Waals surface area contributed by atoms with Gasteiger partial charge >= 0.3 is 17.9 Å². The highest BCUT2D eigenvalue weighted by Crippen LogP contribution is 2.57. The van der Waals surface area contributed by atoms with Gasteiger partial charge in [0.2, 0.25) is 18.3 Å². The van der Waals surface area contributed by atoms with Crippen LogP contribution in [0.1, 0.15) is 62.0 Å². The molecule has 3 aliphatic heterocycles. The van der Waals surface area contributed by atoms with E-state index in [2.05, 4.69) is 4.90 Å². The van der Waals surface area contributed by atoms with E-state index in [1.54, 1.807) is 12.1 Å². The van der Waals surface area contributed by atoms with Crippen molar-refractivity contribution < 1.29 is 61.8 Å². The fourth-order valence-corrected chi connectivity index (χ4v) is 6.54. The molecule has 3 aromatic carbocycles. The predicted octanol–water partition coefficient (Wildman–Crippen LogP) is 4.18. The highest BCUT2D eigenvalue weighted by atomic mass is 16.7. The summed E-state index contributed by atoms with van der Waals surface area (Å²) in [5, 5.41) is 0. The first kappa shape index (κ1) is 32.6. The van der Waals surface area contributed by atoms with Crippen LogP contribution in [0.15, 0.2) is 24.3 Å². The Labute approximate surface area is 276 Å². The summed E-state index contributed by atoms with van der Waals surface area (Å²) in [6.45, 7) is 1.56.